The third-order valence-electron chi connectivity index (χ3n) is 4.07. The van der Waals surface area contributed by atoms with Gasteiger partial charge in [-0.2, -0.15) is 0 Å². The van der Waals surface area contributed by atoms with Crippen molar-refractivity contribution in [3.05, 3.63) is 51.2 Å². The predicted molar refractivity (Wildman–Crippen MR) is 90.8 cm³/mol. The number of amides is 1. The molecule has 1 aromatic carbocycles. The van der Waals surface area contributed by atoms with Crippen LogP contribution in [-0.2, 0) is 22.4 Å². The number of rotatable bonds is 4. The Kier molecular flexibility index (Phi) is 5.13. The van der Waals surface area contributed by atoms with Crippen molar-refractivity contribution in [3.63, 3.8) is 0 Å². The summed E-state index contributed by atoms with van der Waals surface area (Å²) in [6.07, 6.45) is 3.00. The van der Waals surface area contributed by atoms with E-state index in [-0.39, 0.29) is 5.69 Å². The first-order valence-corrected chi connectivity index (χ1v) is 8.77. The van der Waals surface area contributed by atoms with E-state index in [9.17, 15) is 18.4 Å². The number of hydrogen-bond acceptors (Lipinski definition) is 4. The summed E-state index contributed by atoms with van der Waals surface area (Å²) in [6.45, 7) is 1.61. The molecule has 3 rings (SSSR count). The maximum Gasteiger partial charge on any atom is 0.348 e. The molecular formula is C18H17F2NO3S. The average Bonchev–Trinajstić information content (AvgIpc) is 2.99. The predicted octanol–water partition coefficient (Wildman–Crippen LogP) is 3.95. The number of hydrogen-bond donors (Lipinski definition) is 1. The molecule has 1 amide bonds. The van der Waals surface area contributed by atoms with Gasteiger partial charge in [0.2, 0.25) is 0 Å². The number of halogens is 2. The average molecular weight is 365 g/mol. The van der Waals surface area contributed by atoms with Crippen LogP contribution >= 0.6 is 11.3 Å². The highest BCUT2D eigenvalue weighted by Gasteiger charge is 2.22. The summed E-state index contributed by atoms with van der Waals surface area (Å²) in [5.41, 5.74) is 0.878. The van der Waals surface area contributed by atoms with Gasteiger partial charge in [0.05, 0.1) is 5.69 Å². The van der Waals surface area contributed by atoms with Gasteiger partial charge in [-0.3, -0.25) is 4.79 Å². The largest absolute Gasteiger partial charge is 0.451 e. The molecule has 1 aliphatic rings. The lowest BCUT2D eigenvalue weighted by molar-refractivity contribution is -0.119. The van der Waals surface area contributed by atoms with E-state index in [4.69, 9.17) is 4.74 Å². The fourth-order valence-electron chi connectivity index (χ4n) is 2.79. The molecule has 0 aliphatic heterocycles. The Morgan fingerprint density at radius 3 is 2.92 bits per heavy atom. The van der Waals surface area contributed by atoms with Crippen LogP contribution in [0.1, 0.15) is 33.5 Å². The number of carbonyl (C=O) groups excluding carboxylic acids is 2. The highest BCUT2D eigenvalue weighted by molar-refractivity contribution is 7.14. The van der Waals surface area contributed by atoms with E-state index in [0.717, 1.165) is 37.5 Å². The molecule has 0 spiro atoms. The van der Waals surface area contributed by atoms with Gasteiger partial charge in [0.15, 0.2) is 6.61 Å². The normalized spacial score (nSPS) is 16.2. The molecule has 4 nitrogen and oxygen atoms in total. The van der Waals surface area contributed by atoms with E-state index in [0.29, 0.717) is 10.8 Å². The molecular weight excluding hydrogens is 348 g/mol. The zero-order chi connectivity index (χ0) is 18.0. The number of esters is 1. The molecule has 2 aromatic rings. The molecule has 0 radical (unpaired) electrons. The van der Waals surface area contributed by atoms with E-state index in [1.807, 2.05) is 6.07 Å². The number of ether oxygens (including phenoxy) is 1. The lowest BCUT2D eigenvalue weighted by Crippen LogP contribution is -2.21. The molecule has 7 heteroatoms. The molecule has 0 saturated heterocycles. The van der Waals surface area contributed by atoms with Crippen LogP contribution in [0.15, 0.2) is 24.3 Å². The van der Waals surface area contributed by atoms with Crippen LogP contribution in [0.2, 0.25) is 0 Å². The van der Waals surface area contributed by atoms with Crippen LogP contribution in [0.4, 0.5) is 14.5 Å². The summed E-state index contributed by atoms with van der Waals surface area (Å²) in [5, 5.41) is 2.18. The van der Waals surface area contributed by atoms with E-state index in [1.54, 1.807) is 0 Å². The molecule has 1 aromatic heterocycles. The summed E-state index contributed by atoms with van der Waals surface area (Å²) in [4.78, 5) is 25.5. The second kappa shape index (κ2) is 7.31. The van der Waals surface area contributed by atoms with E-state index < -0.39 is 30.1 Å². The standard InChI is InChI=1S/C18H17F2NO3S/c1-10-2-5-15-11(6-10)7-16(25-15)18(23)24-9-17(22)21-14-8-12(19)3-4-13(14)20/h3-4,7-8,10H,2,5-6,9H2,1H3,(H,21,22)/t10-/m1/s1. The quantitative estimate of drug-likeness (QED) is 0.835. The van der Waals surface area contributed by atoms with Crippen molar-refractivity contribution in [3.8, 4) is 0 Å². The summed E-state index contributed by atoms with van der Waals surface area (Å²) in [7, 11) is 0. The highest BCUT2D eigenvalue weighted by Crippen LogP contribution is 2.32. The third-order valence-corrected chi connectivity index (χ3v) is 5.28. The Morgan fingerprint density at radius 2 is 2.12 bits per heavy atom. The summed E-state index contributed by atoms with van der Waals surface area (Å²) < 4.78 is 31.5. The summed E-state index contributed by atoms with van der Waals surface area (Å²) in [5.74, 6) is -2.15. The lowest BCUT2D eigenvalue weighted by atomic mass is 9.90. The van der Waals surface area contributed by atoms with Crippen molar-refractivity contribution in [2.45, 2.75) is 26.2 Å². The Hall–Kier alpha value is -2.28. The van der Waals surface area contributed by atoms with E-state index in [1.165, 1.54) is 21.8 Å². The number of nitrogens with one attached hydrogen (secondary N) is 1. The van der Waals surface area contributed by atoms with Gasteiger partial charge in [0.1, 0.15) is 16.5 Å². The van der Waals surface area contributed by atoms with Crippen molar-refractivity contribution in [2.24, 2.45) is 5.92 Å². The van der Waals surface area contributed by atoms with Gasteiger partial charge in [0, 0.05) is 10.9 Å². The molecule has 0 unspecified atom stereocenters. The van der Waals surface area contributed by atoms with Crippen LogP contribution in [0.25, 0.3) is 0 Å². The maximum absolute atomic E-state index is 13.5. The monoisotopic (exact) mass is 365 g/mol. The highest BCUT2D eigenvalue weighted by atomic mass is 32.1. The van der Waals surface area contributed by atoms with Gasteiger partial charge in [-0.25, -0.2) is 13.6 Å². The van der Waals surface area contributed by atoms with Crippen molar-refractivity contribution in [1.29, 1.82) is 0 Å². The number of anilines is 1. The van der Waals surface area contributed by atoms with E-state index >= 15 is 0 Å². The minimum atomic E-state index is -0.763. The lowest BCUT2D eigenvalue weighted by Gasteiger charge is -2.16. The fraction of sp³-hybridized carbons (Fsp3) is 0.333. The van der Waals surface area contributed by atoms with Gasteiger partial charge in [-0.15, -0.1) is 11.3 Å². The van der Waals surface area contributed by atoms with Gasteiger partial charge in [-0.1, -0.05) is 6.92 Å². The van der Waals surface area contributed by atoms with Crippen molar-refractivity contribution < 1.29 is 23.1 Å². The molecule has 1 N–H and O–H groups in total. The van der Waals surface area contributed by atoms with Gasteiger partial charge in [0.25, 0.3) is 5.91 Å². The van der Waals surface area contributed by atoms with Crippen LogP contribution in [0.3, 0.4) is 0 Å². The summed E-state index contributed by atoms with van der Waals surface area (Å²) >= 11 is 1.39. The number of thiophene rings is 1. The zero-order valence-corrected chi connectivity index (χ0v) is 14.4. The molecule has 1 heterocycles. The molecule has 0 saturated carbocycles. The van der Waals surface area contributed by atoms with Gasteiger partial charge >= 0.3 is 5.97 Å². The first-order valence-electron chi connectivity index (χ1n) is 7.96. The molecule has 1 aliphatic carbocycles. The Bertz CT molecular complexity index is 819. The van der Waals surface area contributed by atoms with Crippen molar-refractivity contribution >= 4 is 28.9 Å². The number of benzene rings is 1. The second-order valence-corrected chi connectivity index (χ2v) is 7.29. The van der Waals surface area contributed by atoms with Gasteiger partial charge < -0.3 is 10.1 Å². The number of fused-ring (bicyclic) bond motifs is 1. The number of aryl methyl sites for hydroxylation is 1. The third kappa shape index (κ3) is 4.22. The summed E-state index contributed by atoms with van der Waals surface area (Å²) in [6, 6.07) is 4.55. The molecule has 1 atom stereocenters. The minimum Gasteiger partial charge on any atom is -0.451 e. The Morgan fingerprint density at radius 1 is 1.32 bits per heavy atom. The van der Waals surface area contributed by atoms with Crippen LogP contribution < -0.4 is 5.32 Å². The SMILES string of the molecule is C[C@@H]1CCc2sc(C(=O)OCC(=O)Nc3cc(F)ccc3F)cc2C1. The smallest absolute Gasteiger partial charge is 0.348 e. The first-order chi connectivity index (χ1) is 11.9. The fourth-order valence-corrected chi connectivity index (χ4v) is 3.89. The van der Waals surface area contributed by atoms with Crippen LogP contribution in [0.5, 0.6) is 0 Å². The van der Waals surface area contributed by atoms with Gasteiger partial charge in [-0.05, 0) is 48.9 Å². The molecule has 0 fully saturated rings. The Balaban J connectivity index is 1.57. The zero-order valence-electron chi connectivity index (χ0n) is 13.6. The van der Waals surface area contributed by atoms with Crippen LogP contribution in [0, 0.1) is 17.6 Å². The second-order valence-electron chi connectivity index (χ2n) is 6.16. The Labute approximate surface area is 147 Å². The maximum atomic E-state index is 13.5. The molecule has 132 valence electrons. The first kappa shape index (κ1) is 17.5. The van der Waals surface area contributed by atoms with Crippen molar-refractivity contribution in [1.82, 2.24) is 0 Å². The molecule has 25 heavy (non-hydrogen) atoms. The van der Waals surface area contributed by atoms with Crippen molar-refractivity contribution in [2.75, 3.05) is 11.9 Å². The van der Waals surface area contributed by atoms with E-state index in [2.05, 4.69) is 12.2 Å². The number of carbonyl (C=O) groups is 2. The minimum absolute atomic E-state index is 0.290. The molecule has 0 bridgehead atoms. The van der Waals surface area contributed by atoms with Crippen LogP contribution in [-0.4, -0.2) is 18.5 Å². The topological polar surface area (TPSA) is 55.4 Å².